The molecule has 0 aromatic carbocycles. The minimum Gasteiger partial charge on any atom is -0.325 e. The number of hydrogen-bond donors (Lipinski definition) is 2. The summed E-state index contributed by atoms with van der Waals surface area (Å²) in [6, 6.07) is 0. The summed E-state index contributed by atoms with van der Waals surface area (Å²) in [6.07, 6.45) is 2.77. The number of anilines is 1. The van der Waals surface area contributed by atoms with Crippen LogP contribution in [0.4, 0.5) is 5.69 Å². The highest BCUT2D eigenvalue weighted by Crippen LogP contribution is 2.25. The Balaban J connectivity index is 2.05. The van der Waals surface area contributed by atoms with Gasteiger partial charge in [-0.15, -0.1) is 5.10 Å². The van der Waals surface area contributed by atoms with Gasteiger partial charge in [0.25, 0.3) is 0 Å². The van der Waals surface area contributed by atoms with Crippen molar-refractivity contribution in [2.45, 2.75) is 13.1 Å². The number of aromatic nitrogens is 5. The molecule has 19 heavy (non-hydrogen) atoms. The third kappa shape index (κ3) is 3.37. The van der Waals surface area contributed by atoms with Gasteiger partial charge in [-0.1, -0.05) is 28.4 Å². The van der Waals surface area contributed by atoms with Crippen molar-refractivity contribution in [3.05, 3.63) is 28.5 Å². The molecule has 2 heterocycles. The number of carbonyl (C=O) groups is 1. The standard InChI is InChI=1S/C9H9Cl2N7O/c10-8-7(9(11)14-4-13-8)15-6(19)3-18-2-5(1-12)16-17-18/h2,4H,1,3,12H2,(H,15,19). The molecule has 0 aliphatic heterocycles. The summed E-state index contributed by atoms with van der Waals surface area (Å²) in [6.45, 7) is 0.209. The highest BCUT2D eigenvalue weighted by molar-refractivity contribution is 6.38. The van der Waals surface area contributed by atoms with Crippen LogP contribution in [-0.2, 0) is 17.9 Å². The molecule has 1 amide bonds. The van der Waals surface area contributed by atoms with E-state index < -0.39 is 0 Å². The predicted molar refractivity (Wildman–Crippen MR) is 68.6 cm³/mol. The van der Waals surface area contributed by atoms with Crippen molar-refractivity contribution in [1.82, 2.24) is 25.0 Å². The van der Waals surface area contributed by atoms with Gasteiger partial charge in [-0.05, 0) is 0 Å². The van der Waals surface area contributed by atoms with Crippen LogP contribution in [0.3, 0.4) is 0 Å². The minimum atomic E-state index is -0.382. The first-order chi connectivity index (χ1) is 9.10. The monoisotopic (exact) mass is 301 g/mol. The van der Waals surface area contributed by atoms with Crippen LogP contribution in [0, 0.1) is 0 Å². The molecule has 10 heteroatoms. The highest BCUT2D eigenvalue weighted by Gasteiger charge is 2.12. The van der Waals surface area contributed by atoms with Crippen LogP contribution in [0.25, 0.3) is 0 Å². The first-order valence-electron chi connectivity index (χ1n) is 5.15. The number of halogens is 2. The lowest BCUT2D eigenvalue weighted by Gasteiger charge is -2.07. The Bertz CT molecular complexity index is 580. The maximum Gasteiger partial charge on any atom is 0.246 e. The molecule has 0 radical (unpaired) electrons. The zero-order valence-electron chi connectivity index (χ0n) is 9.55. The van der Waals surface area contributed by atoms with Crippen molar-refractivity contribution in [1.29, 1.82) is 0 Å². The molecule has 3 N–H and O–H groups in total. The molecule has 8 nitrogen and oxygen atoms in total. The van der Waals surface area contributed by atoms with Crippen LogP contribution in [0.2, 0.25) is 10.3 Å². The van der Waals surface area contributed by atoms with Gasteiger partial charge in [0.15, 0.2) is 10.3 Å². The quantitative estimate of drug-likeness (QED) is 0.794. The largest absolute Gasteiger partial charge is 0.325 e. The minimum absolute atomic E-state index is 0.0471. The van der Waals surface area contributed by atoms with Crippen LogP contribution in [-0.4, -0.2) is 30.9 Å². The average molecular weight is 302 g/mol. The molecule has 0 aliphatic carbocycles. The Kier molecular flexibility index (Phi) is 4.25. The van der Waals surface area contributed by atoms with E-state index in [9.17, 15) is 4.79 Å². The summed E-state index contributed by atoms with van der Waals surface area (Å²) in [5.41, 5.74) is 6.14. The summed E-state index contributed by atoms with van der Waals surface area (Å²) >= 11 is 11.6. The third-order valence-electron chi connectivity index (χ3n) is 2.12. The van der Waals surface area contributed by atoms with E-state index >= 15 is 0 Å². The number of nitrogens with one attached hydrogen (secondary N) is 1. The van der Waals surface area contributed by atoms with Crippen molar-refractivity contribution in [3.8, 4) is 0 Å². The molecular formula is C9H9Cl2N7O. The molecule has 2 rings (SSSR count). The molecule has 0 saturated heterocycles. The fourth-order valence-corrected chi connectivity index (χ4v) is 1.69. The average Bonchev–Trinajstić information content (AvgIpc) is 2.81. The van der Waals surface area contributed by atoms with E-state index in [2.05, 4.69) is 25.6 Å². The van der Waals surface area contributed by atoms with Crippen LogP contribution >= 0.6 is 23.2 Å². The molecule has 0 fully saturated rings. The van der Waals surface area contributed by atoms with Crippen LogP contribution < -0.4 is 11.1 Å². The molecule has 0 aliphatic rings. The summed E-state index contributed by atoms with van der Waals surface area (Å²) < 4.78 is 1.35. The topological polar surface area (TPSA) is 112 Å². The lowest BCUT2D eigenvalue weighted by molar-refractivity contribution is -0.116. The van der Waals surface area contributed by atoms with E-state index in [1.54, 1.807) is 6.20 Å². The number of carbonyl (C=O) groups excluding carboxylic acids is 1. The zero-order valence-corrected chi connectivity index (χ0v) is 11.1. The van der Waals surface area contributed by atoms with Gasteiger partial charge < -0.3 is 11.1 Å². The summed E-state index contributed by atoms with van der Waals surface area (Å²) in [5, 5.41) is 10.1. The second kappa shape index (κ2) is 5.91. The second-order valence-corrected chi connectivity index (χ2v) is 4.21. The molecule has 0 spiro atoms. The maximum absolute atomic E-state index is 11.8. The molecular weight excluding hydrogens is 293 g/mol. The third-order valence-corrected chi connectivity index (χ3v) is 2.69. The zero-order chi connectivity index (χ0) is 13.8. The molecule has 0 atom stereocenters. The predicted octanol–water partition coefficient (Wildman–Crippen LogP) is 0.472. The van der Waals surface area contributed by atoms with Gasteiger partial charge in [0.1, 0.15) is 18.6 Å². The molecule has 2 aromatic heterocycles. The Morgan fingerprint density at radius 3 is 2.63 bits per heavy atom. The van der Waals surface area contributed by atoms with Gasteiger partial charge in [0.05, 0.1) is 11.9 Å². The number of hydrogen-bond acceptors (Lipinski definition) is 6. The van der Waals surface area contributed by atoms with Crippen molar-refractivity contribution in [3.63, 3.8) is 0 Å². The van der Waals surface area contributed by atoms with E-state index in [-0.39, 0.29) is 35.0 Å². The van der Waals surface area contributed by atoms with Crippen molar-refractivity contribution in [2.24, 2.45) is 5.73 Å². The number of nitrogens with two attached hydrogens (primary N) is 1. The first-order valence-corrected chi connectivity index (χ1v) is 5.90. The fraction of sp³-hybridized carbons (Fsp3) is 0.222. The maximum atomic E-state index is 11.8. The lowest BCUT2D eigenvalue weighted by Crippen LogP contribution is -2.20. The Morgan fingerprint density at radius 1 is 1.37 bits per heavy atom. The van der Waals surface area contributed by atoms with Crippen LogP contribution in [0.15, 0.2) is 12.5 Å². The number of nitrogens with zero attached hydrogens (tertiary/aromatic N) is 5. The van der Waals surface area contributed by atoms with E-state index in [1.807, 2.05) is 0 Å². The van der Waals surface area contributed by atoms with E-state index in [0.29, 0.717) is 5.69 Å². The highest BCUT2D eigenvalue weighted by atomic mass is 35.5. The SMILES string of the molecule is NCc1cn(CC(=O)Nc2c(Cl)ncnc2Cl)nn1. The summed E-state index contributed by atoms with van der Waals surface area (Å²) in [5.74, 6) is -0.382. The number of rotatable bonds is 4. The molecule has 2 aromatic rings. The first kappa shape index (κ1) is 13.7. The molecule has 0 bridgehead atoms. The van der Waals surface area contributed by atoms with Crippen LogP contribution in [0.1, 0.15) is 5.69 Å². The fourth-order valence-electron chi connectivity index (χ4n) is 1.28. The smallest absolute Gasteiger partial charge is 0.246 e. The van der Waals surface area contributed by atoms with Gasteiger partial charge >= 0.3 is 0 Å². The van der Waals surface area contributed by atoms with Gasteiger partial charge in [-0.25, -0.2) is 14.6 Å². The van der Waals surface area contributed by atoms with Crippen LogP contribution in [0.5, 0.6) is 0 Å². The van der Waals surface area contributed by atoms with Crippen molar-refractivity contribution < 1.29 is 4.79 Å². The summed E-state index contributed by atoms with van der Waals surface area (Å²) in [4.78, 5) is 19.2. The van der Waals surface area contributed by atoms with E-state index in [0.717, 1.165) is 0 Å². The van der Waals surface area contributed by atoms with E-state index in [4.69, 9.17) is 28.9 Å². The van der Waals surface area contributed by atoms with Gasteiger partial charge in [-0.3, -0.25) is 4.79 Å². The Hall–Kier alpha value is -1.77. The second-order valence-electron chi connectivity index (χ2n) is 3.49. The van der Waals surface area contributed by atoms with Gasteiger partial charge in [-0.2, -0.15) is 0 Å². The molecule has 0 unspecified atom stereocenters. The van der Waals surface area contributed by atoms with Crippen molar-refractivity contribution in [2.75, 3.05) is 5.32 Å². The summed E-state index contributed by atoms with van der Waals surface area (Å²) in [7, 11) is 0. The lowest BCUT2D eigenvalue weighted by atomic mass is 10.4. The normalized spacial score (nSPS) is 10.5. The molecule has 100 valence electrons. The number of amides is 1. The van der Waals surface area contributed by atoms with Crippen molar-refractivity contribution >= 4 is 34.8 Å². The van der Waals surface area contributed by atoms with E-state index in [1.165, 1.54) is 11.0 Å². The Morgan fingerprint density at radius 2 is 2.05 bits per heavy atom. The van der Waals surface area contributed by atoms with Gasteiger partial charge in [0, 0.05) is 6.54 Å². The Labute approximate surface area is 117 Å². The molecule has 0 saturated carbocycles. The van der Waals surface area contributed by atoms with Gasteiger partial charge in [0.2, 0.25) is 5.91 Å².